The summed E-state index contributed by atoms with van der Waals surface area (Å²) in [4.78, 5) is 11.1. The Morgan fingerprint density at radius 3 is 2.70 bits per heavy atom. The molecule has 1 aromatic heterocycles. The van der Waals surface area contributed by atoms with Gasteiger partial charge in [-0.05, 0) is 30.9 Å². The van der Waals surface area contributed by atoms with Crippen molar-refractivity contribution >= 4 is 22.7 Å². The number of benzene rings is 1. The van der Waals surface area contributed by atoms with E-state index in [2.05, 4.69) is 34.9 Å². The first-order valence-corrected chi connectivity index (χ1v) is 7.42. The van der Waals surface area contributed by atoms with Crippen molar-refractivity contribution in [2.75, 3.05) is 17.7 Å². The highest BCUT2D eigenvalue weighted by molar-refractivity contribution is 5.90. The van der Waals surface area contributed by atoms with Crippen LogP contribution >= 0.6 is 0 Å². The van der Waals surface area contributed by atoms with Crippen molar-refractivity contribution < 1.29 is 0 Å². The van der Waals surface area contributed by atoms with Gasteiger partial charge in [0.15, 0.2) is 0 Å². The van der Waals surface area contributed by atoms with E-state index in [9.17, 15) is 0 Å². The smallest absolute Gasteiger partial charge is 0.222 e. The van der Waals surface area contributed by atoms with E-state index in [-0.39, 0.29) is 0 Å². The Bertz CT molecular complexity index is 610. The van der Waals surface area contributed by atoms with Gasteiger partial charge in [0.1, 0.15) is 5.82 Å². The first kappa shape index (κ1) is 13.2. The molecule has 2 atom stereocenters. The molecule has 1 saturated carbocycles. The first-order valence-electron chi connectivity index (χ1n) is 7.42. The summed E-state index contributed by atoms with van der Waals surface area (Å²) in [5.74, 6) is 2.02. The maximum Gasteiger partial charge on any atom is 0.222 e. The fraction of sp³-hybridized carbons (Fsp3) is 0.500. The number of hydrogen-bond donors (Lipinski definition) is 1. The van der Waals surface area contributed by atoms with Crippen LogP contribution in [0.2, 0.25) is 0 Å². The Labute approximate surface area is 120 Å². The summed E-state index contributed by atoms with van der Waals surface area (Å²) in [5.41, 5.74) is 6.80. The average molecular weight is 270 g/mol. The number of para-hydroxylation sites is 1. The van der Waals surface area contributed by atoms with Crippen molar-refractivity contribution in [3.63, 3.8) is 0 Å². The average Bonchev–Trinajstić information content (AvgIpc) is 2.46. The number of aromatic nitrogens is 2. The van der Waals surface area contributed by atoms with Gasteiger partial charge < -0.3 is 10.6 Å². The van der Waals surface area contributed by atoms with Crippen LogP contribution in [0.25, 0.3) is 10.9 Å². The molecule has 1 aliphatic carbocycles. The largest absolute Gasteiger partial charge is 0.368 e. The molecule has 1 fully saturated rings. The number of nitrogens with two attached hydrogens (primary N) is 1. The second-order valence-corrected chi connectivity index (χ2v) is 5.86. The summed E-state index contributed by atoms with van der Waals surface area (Å²) in [6.07, 6.45) is 5.18. The van der Waals surface area contributed by atoms with E-state index < -0.39 is 0 Å². The van der Waals surface area contributed by atoms with Crippen LogP contribution in [-0.4, -0.2) is 23.1 Å². The van der Waals surface area contributed by atoms with Crippen molar-refractivity contribution in [2.45, 2.75) is 38.6 Å². The van der Waals surface area contributed by atoms with E-state index >= 15 is 0 Å². The van der Waals surface area contributed by atoms with E-state index in [0.29, 0.717) is 17.9 Å². The molecule has 0 amide bonds. The fourth-order valence-electron chi connectivity index (χ4n) is 3.38. The SMILES string of the molecule is CC1CCCCC1N(C)c1nc(N)nc2ccccc12. The highest BCUT2D eigenvalue weighted by Gasteiger charge is 2.26. The fourth-order valence-corrected chi connectivity index (χ4v) is 3.38. The lowest BCUT2D eigenvalue weighted by atomic mass is 9.85. The minimum absolute atomic E-state index is 0.356. The molecule has 4 nitrogen and oxygen atoms in total. The molecule has 0 saturated heterocycles. The highest BCUT2D eigenvalue weighted by Crippen LogP contribution is 2.32. The predicted molar refractivity (Wildman–Crippen MR) is 83.8 cm³/mol. The molecular weight excluding hydrogens is 248 g/mol. The minimum Gasteiger partial charge on any atom is -0.368 e. The predicted octanol–water partition coefficient (Wildman–Crippen LogP) is 3.23. The van der Waals surface area contributed by atoms with Crippen LogP contribution in [0.4, 0.5) is 11.8 Å². The van der Waals surface area contributed by atoms with Gasteiger partial charge in [-0.15, -0.1) is 0 Å². The Hall–Kier alpha value is -1.84. The van der Waals surface area contributed by atoms with Gasteiger partial charge in [0.05, 0.1) is 5.52 Å². The maximum atomic E-state index is 5.88. The van der Waals surface area contributed by atoms with Crippen LogP contribution in [0.1, 0.15) is 32.6 Å². The van der Waals surface area contributed by atoms with Gasteiger partial charge in [0, 0.05) is 18.5 Å². The van der Waals surface area contributed by atoms with Gasteiger partial charge in [-0.25, -0.2) is 4.98 Å². The second-order valence-electron chi connectivity index (χ2n) is 5.86. The second kappa shape index (κ2) is 5.27. The van der Waals surface area contributed by atoms with Gasteiger partial charge in [-0.2, -0.15) is 4.98 Å². The molecule has 0 bridgehead atoms. The summed E-state index contributed by atoms with van der Waals surface area (Å²) in [7, 11) is 2.14. The number of nitrogen functional groups attached to an aromatic ring is 1. The number of hydrogen-bond acceptors (Lipinski definition) is 4. The third-order valence-electron chi connectivity index (χ3n) is 4.50. The Morgan fingerprint density at radius 1 is 1.15 bits per heavy atom. The molecule has 106 valence electrons. The molecule has 0 radical (unpaired) electrons. The van der Waals surface area contributed by atoms with Crippen LogP contribution < -0.4 is 10.6 Å². The molecule has 3 rings (SSSR count). The summed E-state index contributed by atoms with van der Waals surface area (Å²) in [5, 5.41) is 1.09. The molecule has 4 heteroatoms. The number of fused-ring (bicyclic) bond motifs is 1. The maximum absolute atomic E-state index is 5.88. The summed E-state index contributed by atoms with van der Waals surface area (Å²) in [6.45, 7) is 2.34. The third-order valence-corrected chi connectivity index (χ3v) is 4.50. The summed E-state index contributed by atoms with van der Waals surface area (Å²) in [6, 6.07) is 8.63. The molecule has 20 heavy (non-hydrogen) atoms. The lowest BCUT2D eigenvalue weighted by molar-refractivity contribution is 0.321. The standard InChI is InChI=1S/C16H22N4/c1-11-7-3-6-10-14(11)20(2)15-12-8-4-5-9-13(12)18-16(17)19-15/h4-5,8-9,11,14H,3,6-7,10H2,1-2H3,(H2,17,18,19). The lowest BCUT2D eigenvalue weighted by Gasteiger charge is -2.37. The van der Waals surface area contributed by atoms with Crippen molar-refractivity contribution in [3.8, 4) is 0 Å². The Kier molecular flexibility index (Phi) is 3.47. The molecular formula is C16H22N4. The van der Waals surface area contributed by atoms with Crippen molar-refractivity contribution in [1.82, 2.24) is 9.97 Å². The minimum atomic E-state index is 0.356. The van der Waals surface area contributed by atoms with Crippen LogP contribution in [0, 0.1) is 5.92 Å². The van der Waals surface area contributed by atoms with Crippen LogP contribution in [0.15, 0.2) is 24.3 Å². The Morgan fingerprint density at radius 2 is 1.90 bits per heavy atom. The van der Waals surface area contributed by atoms with Gasteiger partial charge in [-0.1, -0.05) is 31.9 Å². The quantitative estimate of drug-likeness (QED) is 0.910. The number of nitrogens with zero attached hydrogens (tertiary/aromatic N) is 3. The van der Waals surface area contributed by atoms with Gasteiger partial charge >= 0.3 is 0 Å². The van der Waals surface area contributed by atoms with Gasteiger partial charge in [-0.3, -0.25) is 0 Å². The number of anilines is 2. The topological polar surface area (TPSA) is 55.0 Å². The summed E-state index contributed by atoms with van der Waals surface area (Å²) < 4.78 is 0. The zero-order chi connectivity index (χ0) is 14.1. The van der Waals surface area contributed by atoms with Crippen LogP contribution in [0.3, 0.4) is 0 Å². The molecule has 2 unspecified atom stereocenters. The molecule has 1 aromatic carbocycles. The normalized spacial score (nSPS) is 22.9. The van der Waals surface area contributed by atoms with Crippen molar-refractivity contribution in [1.29, 1.82) is 0 Å². The highest BCUT2D eigenvalue weighted by atomic mass is 15.2. The van der Waals surface area contributed by atoms with E-state index in [0.717, 1.165) is 16.7 Å². The molecule has 1 heterocycles. The van der Waals surface area contributed by atoms with Gasteiger partial charge in [0.25, 0.3) is 0 Å². The van der Waals surface area contributed by atoms with E-state index in [1.807, 2.05) is 18.2 Å². The molecule has 1 aliphatic rings. The van der Waals surface area contributed by atoms with Crippen LogP contribution in [0.5, 0.6) is 0 Å². The van der Waals surface area contributed by atoms with Crippen molar-refractivity contribution in [2.24, 2.45) is 5.92 Å². The molecule has 2 aromatic rings. The van der Waals surface area contributed by atoms with E-state index in [1.165, 1.54) is 25.7 Å². The molecule has 2 N–H and O–H groups in total. The van der Waals surface area contributed by atoms with Gasteiger partial charge in [0.2, 0.25) is 5.95 Å². The zero-order valence-electron chi connectivity index (χ0n) is 12.2. The van der Waals surface area contributed by atoms with Crippen molar-refractivity contribution in [3.05, 3.63) is 24.3 Å². The lowest BCUT2D eigenvalue weighted by Crippen LogP contribution is -2.39. The molecule has 0 aliphatic heterocycles. The van der Waals surface area contributed by atoms with Crippen LogP contribution in [-0.2, 0) is 0 Å². The zero-order valence-corrected chi connectivity index (χ0v) is 12.2. The monoisotopic (exact) mass is 270 g/mol. The molecule has 0 spiro atoms. The van der Waals surface area contributed by atoms with E-state index in [4.69, 9.17) is 5.73 Å². The Balaban J connectivity index is 2.04. The first-order chi connectivity index (χ1) is 9.66. The summed E-state index contributed by atoms with van der Waals surface area (Å²) >= 11 is 0. The van der Waals surface area contributed by atoms with E-state index in [1.54, 1.807) is 0 Å². The third kappa shape index (κ3) is 2.30. The number of rotatable bonds is 2.